The maximum Gasteiger partial charge on any atom is 0.0641 e. The highest BCUT2D eigenvalue weighted by atomic mass is 127. The summed E-state index contributed by atoms with van der Waals surface area (Å²) in [6.07, 6.45) is 0. The van der Waals surface area contributed by atoms with Crippen molar-refractivity contribution >= 4 is 28.3 Å². The molecule has 0 fully saturated rings. The number of hydrogen-bond donors (Lipinski definition) is 1. The summed E-state index contributed by atoms with van der Waals surface area (Å²) >= 11 is 2.26. The molecule has 2 nitrogen and oxygen atoms in total. The molecule has 1 aromatic carbocycles. The first kappa shape index (κ1) is 8.52. The van der Waals surface area contributed by atoms with Crippen molar-refractivity contribution < 1.29 is 0 Å². The molecule has 0 aliphatic rings. The summed E-state index contributed by atoms with van der Waals surface area (Å²) in [6.45, 7) is 1.89. The van der Waals surface area contributed by atoms with E-state index in [1.54, 1.807) is 0 Å². The predicted octanol–water partition coefficient (Wildman–Crippen LogP) is 1.97. The summed E-state index contributed by atoms with van der Waals surface area (Å²) in [5.41, 5.74) is 1.94. The first-order valence-corrected chi connectivity index (χ1v) is 4.32. The van der Waals surface area contributed by atoms with Crippen LogP contribution >= 0.6 is 22.6 Å². The fourth-order valence-electron chi connectivity index (χ4n) is 0.766. The second-order valence-electron chi connectivity index (χ2n) is 2.22. The molecular weight excluding hydrogens is 251 g/mol. The second-order valence-corrected chi connectivity index (χ2v) is 3.47. The smallest absolute Gasteiger partial charge is 0.0641 e. The van der Waals surface area contributed by atoms with Crippen LogP contribution in [0, 0.1) is 3.57 Å². The van der Waals surface area contributed by atoms with Gasteiger partial charge in [0.25, 0.3) is 0 Å². The Hall–Kier alpha value is -0.580. The van der Waals surface area contributed by atoms with E-state index in [1.807, 2.05) is 31.2 Å². The highest BCUT2D eigenvalue weighted by molar-refractivity contribution is 14.1. The number of hydrogen-bond acceptors (Lipinski definition) is 2. The maximum absolute atomic E-state index is 5.13. The summed E-state index contributed by atoms with van der Waals surface area (Å²) in [5.74, 6) is 5.13. The summed E-state index contributed by atoms with van der Waals surface area (Å²) in [4.78, 5) is 0. The largest absolute Gasteiger partial charge is 0.323 e. The van der Waals surface area contributed by atoms with Crippen LogP contribution in [0.5, 0.6) is 0 Å². The molecule has 0 saturated heterocycles. The minimum atomic E-state index is 0.862. The summed E-state index contributed by atoms with van der Waals surface area (Å²) < 4.78 is 1.22. The van der Waals surface area contributed by atoms with Crippen LogP contribution in [-0.4, -0.2) is 5.71 Å². The maximum atomic E-state index is 5.13. The Labute approximate surface area is 79.6 Å². The van der Waals surface area contributed by atoms with Gasteiger partial charge < -0.3 is 5.84 Å². The Morgan fingerprint density at radius 1 is 1.36 bits per heavy atom. The van der Waals surface area contributed by atoms with E-state index in [0.717, 1.165) is 11.3 Å². The molecule has 0 amide bonds. The summed E-state index contributed by atoms with van der Waals surface area (Å²) in [7, 11) is 0. The summed E-state index contributed by atoms with van der Waals surface area (Å²) in [6, 6.07) is 8.08. The molecule has 1 rings (SSSR count). The van der Waals surface area contributed by atoms with Gasteiger partial charge in [0.2, 0.25) is 0 Å². The molecule has 1 aromatic rings. The number of benzene rings is 1. The molecule has 0 saturated carbocycles. The third-order valence-corrected chi connectivity index (χ3v) is 2.17. The van der Waals surface area contributed by atoms with Crippen LogP contribution < -0.4 is 5.84 Å². The molecule has 2 N–H and O–H groups in total. The molecule has 58 valence electrons. The van der Waals surface area contributed by atoms with Crippen molar-refractivity contribution in [2.45, 2.75) is 6.92 Å². The van der Waals surface area contributed by atoms with E-state index in [1.165, 1.54) is 3.57 Å². The minimum Gasteiger partial charge on any atom is -0.323 e. The monoisotopic (exact) mass is 260 g/mol. The number of halogens is 1. The lowest BCUT2D eigenvalue weighted by Gasteiger charge is -1.97. The van der Waals surface area contributed by atoms with Gasteiger partial charge in [0.05, 0.1) is 5.71 Å². The fraction of sp³-hybridized carbons (Fsp3) is 0.125. The van der Waals surface area contributed by atoms with Gasteiger partial charge in [-0.05, 0) is 47.2 Å². The lowest BCUT2D eigenvalue weighted by Crippen LogP contribution is -1.97. The van der Waals surface area contributed by atoms with Crippen LogP contribution in [0.4, 0.5) is 0 Å². The van der Waals surface area contributed by atoms with E-state index >= 15 is 0 Å². The van der Waals surface area contributed by atoms with E-state index < -0.39 is 0 Å². The van der Waals surface area contributed by atoms with Crippen LogP contribution in [0.15, 0.2) is 29.4 Å². The molecule has 11 heavy (non-hydrogen) atoms. The van der Waals surface area contributed by atoms with E-state index in [4.69, 9.17) is 5.84 Å². The van der Waals surface area contributed by atoms with Crippen LogP contribution in [0.2, 0.25) is 0 Å². The summed E-state index contributed by atoms with van der Waals surface area (Å²) in [5, 5.41) is 3.60. The van der Waals surface area contributed by atoms with Gasteiger partial charge in [-0.1, -0.05) is 12.1 Å². The topological polar surface area (TPSA) is 38.4 Å². The van der Waals surface area contributed by atoms with E-state index in [0.29, 0.717) is 0 Å². The molecule has 3 heteroatoms. The van der Waals surface area contributed by atoms with Gasteiger partial charge in [-0.15, -0.1) is 0 Å². The van der Waals surface area contributed by atoms with Gasteiger partial charge >= 0.3 is 0 Å². The van der Waals surface area contributed by atoms with Crippen molar-refractivity contribution in [3.05, 3.63) is 33.4 Å². The zero-order chi connectivity index (χ0) is 8.27. The van der Waals surface area contributed by atoms with Crippen molar-refractivity contribution in [3.8, 4) is 0 Å². The van der Waals surface area contributed by atoms with Gasteiger partial charge in [-0.3, -0.25) is 0 Å². The van der Waals surface area contributed by atoms with Gasteiger partial charge in [-0.25, -0.2) is 0 Å². The molecule has 0 bridgehead atoms. The average molecular weight is 260 g/mol. The van der Waals surface area contributed by atoms with E-state index in [9.17, 15) is 0 Å². The molecule has 0 spiro atoms. The standard InChI is InChI=1S/C8H9IN2/c1-6(11-10)7-2-4-8(9)5-3-7/h2-5H,10H2,1H3/b11-6+. The van der Waals surface area contributed by atoms with Crippen LogP contribution in [0.25, 0.3) is 0 Å². The normalized spacial score (nSPS) is 11.6. The number of rotatable bonds is 1. The quantitative estimate of drug-likeness (QED) is 0.356. The van der Waals surface area contributed by atoms with Gasteiger partial charge in [-0.2, -0.15) is 5.10 Å². The Morgan fingerprint density at radius 3 is 2.36 bits per heavy atom. The van der Waals surface area contributed by atoms with E-state index in [2.05, 4.69) is 27.7 Å². The van der Waals surface area contributed by atoms with Crippen LogP contribution in [-0.2, 0) is 0 Å². The molecule has 0 atom stereocenters. The molecule has 0 aliphatic heterocycles. The third-order valence-electron chi connectivity index (χ3n) is 1.46. The molecular formula is C8H9IN2. The van der Waals surface area contributed by atoms with Crippen LogP contribution in [0.1, 0.15) is 12.5 Å². The third kappa shape index (κ3) is 2.18. The van der Waals surface area contributed by atoms with Crippen molar-refractivity contribution in [1.82, 2.24) is 0 Å². The zero-order valence-corrected chi connectivity index (χ0v) is 8.37. The predicted molar refractivity (Wildman–Crippen MR) is 55.6 cm³/mol. The molecule has 0 unspecified atom stereocenters. The lowest BCUT2D eigenvalue weighted by atomic mass is 10.1. The van der Waals surface area contributed by atoms with Crippen molar-refractivity contribution in [2.75, 3.05) is 0 Å². The highest BCUT2D eigenvalue weighted by Crippen LogP contribution is 2.07. The van der Waals surface area contributed by atoms with Crippen LogP contribution in [0.3, 0.4) is 0 Å². The number of nitrogens with two attached hydrogens (primary N) is 1. The first-order valence-electron chi connectivity index (χ1n) is 3.24. The Kier molecular flexibility index (Phi) is 2.87. The van der Waals surface area contributed by atoms with Gasteiger partial charge in [0.15, 0.2) is 0 Å². The van der Waals surface area contributed by atoms with Crippen molar-refractivity contribution in [2.24, 2.45) is 10.9 Å². The molecule has 0 heterocycles. The molecule has 0 aliphatic carbocycles. The fourth-order valence-corrected chi connectivity index (χ4v) is 1.13. The van der Waals surface area contributed by atoms with Crippen molar-refractivity contribution in [1.29, 1.82) is 0 Å². The highest BCUT2D eigenvalue weighted by Gasteiger charge is 1.94. The molecule has 0 radical (unpaired) electrons. The zero-order valence-electron chi connectivity index (χ0n) is 6.21. The van der Waals surface area contributed by atoms with Gasteiger partial charge in [0, 0.05) is 3.57 Å². The minimum absolute atomic E-state index is 0.862. The van der Waals surface area contributed by atoms with Gasteiger partial charge in [0.1, 0.15) is 0 Å². The number of hydrazone groups is 1. The van der Waals surface area contributed by atoms with Crippen molar-refractivity contribution in [3.63, 3.8) is 0 Å². The molecule has 0 aromatic heterocycles. The Morgan fingerprint density at radius 2 is 1.91 bits per heavy atom. The SMILES string of the molecule is C/C(=N\N)c1ccc(I)cc1. The van der Waals surface area contributed by atoms with E-state index in [-0.39, 0.29) is 0 Å². The first-order chi connectivity index (χ1) is 5.24. The lowest BCUT2D eigenvalue weighted by molar-refractivity contribution is 1.24. The average Bonchev–Trinajstić information content (AvgIpc) is 2.05. The Bertz CT molecular complexity index is 264. The second kappa shape index (κ2) is 3.71. The number of nitrogens with zero attached hydrogens (tertiary/aromatic N) is 1. The Balaban J connectivity index is 2.99.